The van der Waals surface area contributed by atoms with Gasteiger partial charge in [0.2, 0.25) is 0 Å². The standard InChI is InChI=1S/C22H16F3NO6S/c1-30-19-12-18-17(11-20(19)31-13-14-5-3-2-4-6-14)21(27)32-26(18)33(28,29)16-9-7-15(8-10-16)22(23,24)25/h2-12H,13H2,1H3. The van der Waals surface area contributed by atoms with Crippen LogP contribution in [0.5, 0.6) is 11.5 Å². The molecule has 4 rings (SSSR count). The average molecular weight is 479 g/mol. The smallest absolute Gasteiger partial charge is 0.416 e. The highest BCUT2D eigenvalue weighted by molar-refractivity contribution is 7.90. The van der Waals surface area contributed by atoms with Crippen molar-refractivity contribution in [2.24, 2.45) is 0 Å². The van der Waals surface area contributed by atoms with Crippen molar-refractivity contribution < 1.29 is 35.6 Å². The van der Waals surface area contributed by atoms with E-state index in [1.807, 2.05) is 30.3 Å². The number of aromatic nitrogens is 1. The summed E-state index contributed by atoms with van der Waals surface area (Å²) >= 11 is 0. The fourth-order valence-electron chi connectivity index (χ4n) is 3.14. The van der Waals surface area contributed by atoms with Crippen LogP contribution < -0.4 is 15.1 Å². The van der Waals surface area contributed by atoms with Crippen LogP contribution in [-0.4, -0.2) is 19.7 Å². The SMILES string of the molecule is COc1cc2c(cc1OCc1ccccc1)c(=O)on2S(=O)(=O)c1ccc(C(F)(F)F)cc1. The summed E-state index contributed by atoms with van der Waals surface area (Å²) in [5, 5.41) is -0.102. The van der Waals surface area contributed by atoms with E-state index in [1.165, 1.54) is 19.2 Å². The molecule has 172 valence electrons. The average Bonchev–Trinajstić information content (AvgIpc) is 3.13. The Balaban J connectivity index is 1.75. The van der Waals surface area contributed by atoms with Gasteiger partial charge < -0.3 is 14.0 Å². The minimum Gasteiger partial charge on any atom is -0.493 e. The summed E-state index contributed by atoms with van der Waals surface area (Å²) in [6.07, 6.45) is -4.63. The van der Waals surface area contributed by atoms with Gasteiger partial charge in [0.1, 0.15) is 12.1 Å². The van der Waals surface area contributed by atoms with E-state index in [4.69, 9.17) is 14.0 Å². The normalized spacial score (nSPS) is 12.1. The summed E-state index contributed by atoms with van der Waals surface area (Å²) in [4.78, 5) is 11.9. The Labute approximate surface area is 185 Å². The minimum absolute atomic E-state index is 0.102. The number of rotatable bonds is 6. The lowest BCUT2D eigenvalue weighted by Gasteiger charge is -2.12. The van der Waals surface area contributed by atoms with E-state index in [2.05, 4.69) is 0 Å². The molecule has 0 aliphatic heterocycles. The predicted molar refractivity (Wildman–Crippen MR) is 112 cm³/mol. The van der Waals surface area contributed by atoms with Crippen LogP contribution in [0.2, 0.25) is 0 Å². The van der Waals surface area contributed by atoms with E-state index < -0.39 is 32.3 Å². The van der Waals surface area contributed by atoms with Gasteiger partial charge in [0, 0.05) is 12.1 Å². The third kappa shape index (κ3) is 4.31. The molecule has 0 unspecified atom stereocenters. The highest BCUT2D eigenvalue weighted by Crippen LogP contribution is 2.34. The summed E-state index contributed by atoms with van der Waals surface area (Å²) in [5.41, 5.74) is -1.27. The lowest BCUT2D eigenvalue weighted by Crippen LogP contribution is -2.13. The lowest BCUT2D eigenvalue weighted by molar-refractivity contribution is -0.137. The van der Waals surface area contributed by atoms with Crippen LogP contribution in [0.25, 0.3) is 10.9 Å². The number of hydrogen-bond acceptors (Lipinski definition) is 6. The van der Waals surface area contributed by atoms with Crippen LogP contribution in [0.15, 0.2) is 80.9 Å². The summed E-state index contributed by atoms with van der Waals surface area (Å²) in [6, 6.07) is 14.6. The predicted octanol–water partition coefficient (Wildman–Crippen LogP) is 4.44. The van der Waals surface area contributed by atoms with Gasteiger partial charge in [0.15, 0.2) is 11.5 Å². The second-order valence-corrected chi connectivity index (χ2v) is 8.68. The first-order chi connectivity index (χ1) is 15.6. The number of ether oxygens (including phenoxy) is 2. The Morgan fingerprint density at radius 2 is 1.64 bits per heavy atom. The molecule has 1 aromatic heterocycles. The summed E-state index contributed by atoms with van der Waals surface area (Å²) in [7, 11) is -3.18. The molecule has 0 atom stereocenters. The van der Waals surface area contributed by atoms with E-state index >= 15 is 0 Å². The van der Waals surface area contributed by atoms with E-state index in [-0.39, 0.29) is 29.0 Å². The molecular weight excluding hydrogens is 463 g/mol. The monoisotopic (exact) mass is 479 g/mol. The number of halogens is 3. The number of methoxy groups -OCH3 is 1. The van der Waals surface area contributed by atoms with Gasteiger partial charge in [-0.1, -0.05) is 34.5 Å². The first-order valence-corrected chi connectivity index (χ1v) is 10.9. The van der Waals surface area contributed by atoms with E-state index in [0.717, 1.165) is 17.7 Å². The fraction of sp³-hybridized carbons (Fsp3) is 0.136. The molecule has 0 aliphatic rings. The molecule has 0 saturated carbocycles. The second-order valence-electron chi connectivity index (χ2n) is 6.93. The van der Waals surface area contributed by atoms with Crippen LogP contribution in [0.4, 0.5) is 13.2 Å². The number of hydrogen-bond donors (Lipinski definition) is 0. The zero-order valence-electron chi connectivity index (χ0n) is 17.0. The van der Waals surface area contributed by atoms with Crippen LogP contribution in [-0.2, 0) is 22.8 Å². The topological polar surface area (TPSA) is 87.7 Å². The summed E-state index contributed by atoms with van der Waals surface area (Å²) < 4.78 is 80.7. The maximum absolute atomic E-state index is 13.0. The first-order valence-electron chi connectivity index (χ1n) is 9.45. The minimum atomic E-state index is -4.63. The van der Waals surface area contributed by atoms with Crippen LogP contribution in [0.1, 0.15) is 11.1 Å². The second kappa shape index (κ2) is 8.32. The Bertz CT molecular complexity index is 1460. The van der Waals surface area contributed by atoms with Crippen molar-refractivity contribution in [2.75, 3.05) is 7.11 Å². The third-order valence-corrected chi connectivity index (χ3v) is 6.38. The molecule has 4 aromatic rings. The highest BCUT2D eigenvalue weighted by atomic mass is 32.2. The van der Waals surface area contributed by atoms with Crippen molar-refractivity contribution in [3.8, 4) is 11.5 Å². The van der Waals surface area contributed by atoms with E-state index in [0.29, 0.717) is 16.3 Å². The van der Waals surface area contributed by atoms with E-state index in [1.54, 1.807) is 0 Å². The molecule has 1 heterocycles. The van der Waals surface area contributed by atoms with Gasteiger partial charge >= 0.3 is 11.8 Å². The molecular formula is C22H16F3NO6S. The van der Waals surface area contributed by atoms with Gasteiger partial charge in [-0.3, -0.25) is 0 Å². The number of benzene rings is 3. The van der Waals surface area contributed by atoms with Crippen molar-refractivity contribution in [1.29, 1.82) is 0 Å². The van der Waals surface area contributed by atoms with Crippen molar-refractivity contribution in [2.45, 2.75) is 17.7 Å². The van der Waals surface area contributed by atoms with Crippen molar-refractivity contribution in [1.82, 2.24) is 4.15 Å². The maximum atomic E-state index is 13.0. The Morgan fingerprint density at radius 3 is 2.24 bits per heavy atom. The van der Waals surface area contributed by atoms with Gasteiger partial charge in [0.05, 0.1) is 23.0 Å². The van der Waals surface area contributed by atoms with Crippen molar-refractivity contribution in [3.63, 3.8) is 0 Å². The molecule has 0 fully saturated rings. The van der Waals surface area contributed by atoms with Crippen molar-refractivity contribution >= 4 is 20.9 Å². The molecule has 11 heteroatoms. The molecule has 0 spiro atoms. The molecule has 0 bridgehead atoms. The maximum Gasteiger partial charge on any atom is 0.416 e. The van der Waals surface area contributed by atoms with Gasteiger partial charge in [-0.25, -0.2) is 4.79 Å². The third-order valence-electron chi connectivity index (χ3n) is 4.80. The Hall–Kier alpha value is -3.73. The molecule has 0 N–H and O–H groups in total. The van der Waals surface area contributed by atoms with Gasteiger partial charge in [-0.05, 0) is 29.8 Å². The number of nitrogens with zero attached hydrogens (tertiary/aromatic N) is 1. The lowest BCUT2D eigenvalue weighted by atomic mass is 10.2. The fourth-order valence-corrected chi connectivity index (χ4v) is 4.38. The quantitative estimate of drug-likeness (QED) is 0.406. The largest absolute Gasteiger partial charge is 0.493 e. The van der Waals surface area contributed by atoms with Gasteiger partial charge in [-0.2, -0.15) is 21.6 Å². The summed E-state index contributed by atoms with van der Waals surface area (Å²) in [5.74, 6) is 0.321. The van der Waals surface area contributed by atoms with Crippen LogP contribution >= 0.6 is 0 Å². The molecule has 0 amide bonds. The molecule has 33 heavy (non-hydrogen) atoms. The molecule has 0 saturated heterocycles. The van der Waals surface area contributed by atoms with Crippen LogP contribution in [0, 0.1) is 0 Å². The first kappa shape index (κ1) is 22.5. The zero-order valence-corrected chi connectivity index (χ0v) is 17.8. The highest BCUT2D eigenvalue weighted by Gasteiger charge is 2.31. The molecule has 3 aromatic carbocycles. The number of fused-ring (bicyclic) bond motifs is 1. The van der Waals surface area contributed by atoms with Gasteiger partial charge in [-0.15, -0.1) is 0 Å². The molecule has 0 aliphatic carbocycles. The molecule has 0 radical (unpaired) electrons. The van der Waals surface area contributed by atoms with E-state index in [9.17, 15) is 26.4 Å². The van der Waals surface area contributed by atoms with Gasteiger partial charge in [0.25, 0.3) is 10.0 Å². The number of alkyl halides is 3. The zero-order chi connectivity index (χ0) is 23.8. The summed E-state index contributed by atoms with van der Waals surface area (Å²) in [6.45, 7) is 0.165. The molecule has 7 nitrogen and oxygen atoms in total. The van der Waals surface area contributed by atoms with Crippen molar-refractivity contribution in [3.05, 3.63) is 88.3 Å². The Morgan fingerprint density at radius 1 is 0.970 bits per heavy atom. The van der Waals surface area contributed by atoms with Crippen LogP contribution in [0.3, 0.4) is 0 Å². The Kier molecular flexibility index (Phi) is 5.66.